The van der Waals surface area contributed by atoms with E-state index in [9.17, 15) is 9.59 Å². The lowest BCUT2D eigenvalue weighted by Gasteiger charge is -2.26. The first-order valence-electron chi connectivity index (χ1n) is 7.95. The molecule has 3 heterocycles. The van der Waals surface area contributed by atoms with Crippen LogP contribution in [0.5, 0.6) is 0 Å². The lowest BCUT2D eigenvalue weighted by atomic mass is 10.0. The second-order valence-corrected chi connectivity index (χ2v) is 5.81. The number of fused-ring (bicyclic) bond motifs is 1. The number of amides is 1. The molecule has 0 spiro atoms. The molecule has 0 atom stereocenters. The van der Waals surface area contributed by atoms with Crippen molar-refractivity contribution in [3.05, 3.63) is 34.0 Å². The number of hydrogen-bond donors (Lipinski definition) is 3. The van der Waals surface area contributed by atoms with Crippen molar-refractivity contribution in [3.8, 4) is 0 Å². The monoisotopic (exact) mass is 364 g/mol. The van der Waals surface area contributed by atoms with Gasteiger partial charge in [-0.25, -0.2) is 4.79 Å². The number of carboxylic acid groups (broad SMARTS) is 2. The Labute approximate surface area is 148 Å². The van der Waals surface area contributed by atoms with Gasteiger partial charge in [0.05, 0.1) is 17.9 Å². The number of carbonyl (C=O) groups is 3. The molecule has 0 radical (unpaired) electrons. The van der Waals surface area contributed by atoms with Crippen molar-refractivity contribution in [2.45, 2.75) is 39.7 Å². The van der Waals surface area contributed by atoms with Crippen LogP contribution in [0.15, 0.2) is 4.52 Å². The molecule has 1 amide bonds. The van der Waals surface area contributed by atoms with E-state index in [2.05, 4.69) is 15.4 Å². The van der Waals surface area contributed by atoms with Gasteiger partial charge in [-0.3, -0.25) is 14.7 Å². The molecule has 3 N–H and O–H groups in total. The number of H-pyrrole nitrogens is 1. The Hall–Kier alpha value is -3.17. The highest BCUT2D eigenvalue weighted by molar-refractivity contribution is 5.87. The van der Waals surface area contributed by atoms with Crippen LogP contribution in [0.2, 0.25) is 0 Å². The van der Waals surface area contributed by atoms with Crippen molar-refractivity contribution in [3.63, 3.8) is 0 Å². The first-order valence-corrected chi connectivity index (χ1v) is 7.95. The predicted molar refractivity (Wildman–Crippen MR) is 87.7 cm³/mol. The van der Waals surface area contributed by atoms with Gasteiger partial charge in [-0.15, -0.1) is 0 Å². The summed E-state index contributed by atoms with van der Waals surface area (Å²) in [6.45, 7) is 4.33. The molecular formula is C16H20N4O6. The quantitative estimate of drug-likeness (QED) is 0.678. The molecule has 10 heteroatoms. The van der Waals surface area contributed by atoms with Gasteiger partial charge in [0.2, 0.25) is 5.91 Å². The van der Waals surface area contributed by atoms with Crippen LogP contribution in [-0.4, -0.2) is 55.4 Å². The van der Waals surface area contributed by atoms with E-state index in [1.54, 1.807) is 4.90 Å². The highest BCUT2D eigenvalue weighted by atomic mass is 16.5. The molecule has 3 rings (SSSR count). The van der Waals surface area contributed by atoms with Crippen LogP contribution in [-0.2, 0) is 29.0 Å². The fourth-order valence-corrected chi connectivity index (χ4v) is 2.96. The number of rotatable bonds is 4. The van der Waals surface area contributed by atoms with Crippen LogP contribution in [0.1, 0.15) is 45.2 Å². The van der Waals surface area contributed by atoms with Gasteiger partial charge in [0, 0.05) is 24.1 Å². The van der Waals surface area contributed by atoms with E-state index >= 15 is 0 Å². The number of nitrogens with zero attached hydrogens (tertiary/aromatic N) is 3. The average Bonchev–Trinajstić information content (AvgIpc) is 3.16. The van der Waals surface area contributed by atoms with Crippen molar-refractivity contribution in [2.75, 3.05) is 6.54 Å². The number of aromatic nitrogens is 3. The zero-order valence-corrected chi connectivity index (χ0v) is 14.5. The third-order valence-corrected chi connectivity index (χ3v) is 4.26. The number of aryl methyl sites for hydroxylation is 2. The highest BCUT2D eigenvalue weighted by Gasteiger charge is 2.27. The van der Waals surface area contributed by atoms with Gasteiger partial charge in [0.25, 0.3) is 6.47 Å². The molecule has 2 aromatic rings. The number of aromatic carboxylic acids is 1. The second kappa shape index (κ2) is 8.28. The highest BCUT2D eigenvalue weighted by Crippen LogP contribution is 2.21. The molecule has 1 aliphatic rings. The molecule has 10 nitrogen and oxygen atoms in total. The van der Waals surface area contributed by atoms with E-state index in [1.165, 1.54) is 0 Å². The zero-order chi connectivity index (χ0) is 19.3. The van der Waals surface area contributed by atoms with Crippen molar-refractivity contribution in [1.29, 1.82) is 0 Å². The summed E-state index contributed by atoms with van der Waals surface area (Å²) < 4.78 is 5.10. The molecule has 2 aromatic heterocycles. The average molecular weight is 364 g/mol. The van der Waals surface area contributed by atoms with E-state index in [1.807, 2.05) is 13.8 Å². The van der Waals surface area contributed by atoms with Crippen molar-refractivity contribution < 1.29 is 29.1 Å². The van der Waals surface area contributed by atoms with E-state index in [0.717, 1.165) is 17.0 Å². The predicted octanol–water partition coefficient (Wildman–Crippen LogP) is 0.931. The molecular weight excluding hydrogens is 344 g/mol. The van der Waals surface area contributed by atoms with Crippen LogP contribution in [0.3, 0.4) is 0 Å². The number of carbonyl (C=O) groups excluding carboxylic acids is 1. The fraction of sp³-hybridized carbons (Fsp3) is 0.438. The van der Waals surface area contributed by atoms with E-state index in [4.69, 9.17) is 19.5 Å². The third-order valence-electron chi connectivity index (χ3n) is 4.26. The van der Waals surface area contributed by atoms with Crippen LogP contribution >= 0.6 is 0 Å². The maximum absolute atomic E-state index is 12.4. The standard InChI is InChI=1S/C15H18N4O4.CH2O2/c1-8-10(9(2)23-18-8)3-4-13(20)19-6-5-11-12(7-19)16-17-14(11)15(21)22;2-1-3/h3-7H2,1-2H3,(H,16,17)(H,21,22);1H,(H,2,3). The topological polar surface area (TPSA) is 150 Å². The summed E-state index contributed by atoms with van der Waals surface area (Å²) in [5, 5.41) is 26.4. The van der Waals surface area contributed by atoms with Crippen LogP contribution in [0.25, 0.3) is 0 Å². The van der Waals surface area contributed by atoms with Gasteiger partial charge >= 0.3 is 5.97 Å². The number of nitrogens with one attached hydrogen (secondary N) is 1. The normalized spacial score (nSPS) is 12.8. The van der Waals surface area contributed by atoms with Gasteiger partial charge in [0.1, 0.15) is 5.76 Å². The molecule has 0 saturated carbocycles. The largest absolute Gasteiger partial charge is 0.483 e. The maximum atomic E-state index is 12.4. The Kier molecular flexibility index (Phi) is 6.10. The van der Waals surface area contributed by atoms with E-state index in [0.29, 0.717) is 43.6 Å². The summed E-state index contributed by atoms with van der Waals surface area (Å²) in [4.78, 5) is 33.5. The maximum Gasteiger partial charge on any atom is 0.356 e. The van der Waals surface area contributed by atoms with Crippen LogP contribution < -0.4 is 0 Å². The molecule has 0 bridgehead atoms. The smallest absolute Gasteiger partial charge is 0.356 e. The van der Waals surface area contributed by atoms with Gasteiger partial charge < -0.3 is 19.6 Å². The molecule has 1 aliphatic heterocycles. The molecule has 0 saturated heterocycles. The fourth-order valence-electron chi connectivity index (χ4n) is 2.96. The summed E-state index contributed by atoms with van der Waals surface area (Å²) in [5.41, 5.74) is 3.26. The molecule has 26 heavy (non-hydrogen) atoms. The molecule has 0 fully saturated rings. The number of carboxylic acids is 1. The first kappa shape index (κ1) is 19.2. The second-order valence-electron chi connectivity index (χ2n) is 5.81. The molecule has 140 valence electrons. The Balaban J connectivity index is 0.000000758. The number of hydrogen-bond acceptors (Lipinski definition) is 6. The van der Waals surface area contributed by atoms with E-state index < -0.39 is 5.97 Å². The summed E-state index contributed by atoms with van der Waals surface area (Å²) in [7, 11) is 0. The van der Waals surface area contributed by atoms with Crippen LogP contribution in [0.4, 0.5) is 0 Å². The number of aromatic amines is 1. The van der Waals surface area contributed by atoms with Gasteiger partial charge in [-0.1, -0.05) is 5.16 Å². The van der Waals surface area contributed by atoms with Crippen molar-refractivity contribution in [1.82, 2.24) is 20.3 Å². The lowest BCUT2D eigenvalue weighted by molar-refractivity contribution is -0.132. The molecule has 0 unspecified atom stereocenters. The van der Waals surface area contributed by atoms with Crippen molar-refractivity contribution >= 4 is 18.3 Å². The minimum atomic E-state index is -1.04. The lowest BCUT2D eigenvalue weighted by Crippen LogP contribution is -2.36. The van der Waals surface area contributed by atoms with Crippen molar-refractivity contribution in [2.24, 2.45) is 0 Å². The Morgan fingerprint density at radius 1 is 1.38 bits per heavy atom. The van der Waals surface area contributed by atoms with Crippen LogP contribution in [0, 0.1) is 13.8 Å². The third kappa shape index (κ3) is 4.08. The molecule has 0 aliphatic carbocycles. The summed E-state index contributed by atoms with van der Waals surface area (Å²) in [6.07, 6.45) is 1.47. The summed E-state index contributed by atoms with van der Waals surface area (Å²) in [5.74, 6) is -0.265. The summed E-state index contributed by atoms with van der Waals surface area (Å²) in [6, 6.07) is 0. The van der Waals surface area contributed by atoms with E-state index in [-0.39, 0.29) is 18.1 Å². The van der Waals surface area contributed by atoms with Gasteiger partial charge in [0.15, 0.2) is 5.69 Å². The first-order chi connectivity index (χ1) is 12.4. The Morgan fingerprint density at radius 2 is 2.08 bits per heavy atom. The SMILES string of the molecule is Cc1noc(C)c1CCC(=O)N1CCc2c(C(=O)O)n[nH]c2C1.O=CO. The zero-order valence-electron chi connectivity index (χ0n) is 14.5. The Bertz CT molecular complexity index is 790. The van der Waals surface area contributed by atoms with Gasteiger partial charge in [-0.2, -0.15) is 5.10 Å². The summed E-state index contributed by atoms with van der Waals surface area (Å²) >= 11 is 0. The Morgan fingerprint density at radius 3 is 2.65 bits per heavy atom. The molecule has 0 aromatic carbocycles. The minimum absolute atomic E-state index is 0.0297. The minimum Gasteiger partial charge on any atom is -0.483 e. The van der Waals surface area contributed by atoms with Gasteiger partial charge in [-0.05, 0) is 26.7 Å².